The van der Waals surface area contributed by atoms with E-state index in [1.807, 2.05) is 25.1 Å². The number of nitrogens with one attached hydrogen (secondary N) is 2. The molecular weight excluding hydrogens is 360 g/mol. The highest BCUT2D eigenvalue weighted by atomic mass is 35.5. The molecule has 2 aromatic heterocycles. The van der Waals surface area contributed by atoms with Gasteiger partial charge in [-0.1, -0.05) is 35.1 Å². The molecule has 128 valence electrons. The maximum Gasteiger partial charge on any atom is 0.267 e. The van der Waals surface area contributed by atoms with E-state index in [2.05, 4.69) is 20.6 Å². The van der Waals surface area contributed by atoms with E-state index in [4.69, 9.17) is 16.3 Å². The van der Waals surface area contributed by atoms with Gasteiger partial charge in [-0.3, -0.25) is 4.79 Å². The second-order valence-corrected chi connectivity index (χ2v) is 6.57. The number of rotatable bonds is 5. The van der Waals surface area contributed by atoms with Crippen molar-refractivity contribution in [2.45, 2.75) is 6.92 Å². The van der Waals surface area contributed by atoms with E-state index in [0.29, 0.717) is 26.6 Å². The van der Waals surface area contributed by atoms with Crippen LogP contribution in [-0.4, -0.2) is 23.0 Å². The van der Waals surface area contributed by atoms with Crippen LogP contribution >= 0.6 is 22.9 Å². The maximum absolute atomic E-state index is 12.4. The molecule has 25 heavy (non-hydrogen) atoms. The lowest BCUT2D eigenvalue weighted by molar-refractivity contribution is 0.103. The molecular formula is C17H15ClN4O2S. The highest BCUT2D eigenvalue weighted by molar-refractivity contribution is 7.17. The maximum atomic E-state index is 12.4. The van der Waals surface area contributed by atoms with Gasteiger partial charge in [-0.2, -0.15) is 0 Å². The Morgan fingerprint density at radius 3 is 2.72 bits per heavy atom. The van der Waals surface area contributed by atoms with Gasteiger partial charge in [0.15, 0.2) is 5.13 Å². The lowest BCUT2D eigenvalue weighted by Crippen LogP contribution is -2.11. The fourth-order valence-corrected chi connectivity index (χ4v) is 3.10. The van der Waals surface area contributed by atoms with Crippen molar-refractivity contribution in [3.63, 3.8) is 0 Å². The molecule has 0 radical (unpaired) electrons. The Bertz CT molecular complexity index is 876. The van der Waals surface area contributed by atoms with E-state index < -0.39 is 0 Å². The Morgan fingerprint density at radius 2 is 2.04 bits per heavy atom. The Morgan fingerprint density at radius 1 is 1.20 bits per heavy atom. The monoisotopic (exact) mass is 374 g/mol. The van der Waals surface area contributed by atoms with Crippen LogP contribution in [0, 0.1) is 6.92 Å². The summed E-state index contributed by atoms with van der Waals surface area (Å²) in [6.07, 6.45) is 3.15. The summed E-state index contributed by atoms with van der Waals surface area (Å²) in [5.74, 6) is 0.273. The Balaban J connectivity index is 1.71. The second-order valence-electron chi connectivity index (χ2n) is 5.13. The molecule has 0 aliphatic rings. The highest BCUT2D eigenvalue weighted by Gasteiger charge is 2.14. The van der Waals surface area contributed by atoms with Crippen molar-refractivity contribution in [3.05, 3.63) is 58.2 Å². The van der Waals surface area contributed by atoms with E-state index in [1.165, 1.54) is 17.5 Å². The summed E-state index contributed by atoms with van der Waals surface area (Å²) in [4.78, 5) is 21.2. The molecule has 0 saturated carbocycles. The van der Waals surface area contributed by atoms with Crippen molar-refractivity contribution in [2.75, 3.05) is 17.7 Å². The van der Waals surface area contributed by atoms with Crippen LogP contribution in [0.3, 0.4) is 0 Å². The number of aromatic nitrogens is 2. The van der Waals surface area contributed by atoms with Gasteiger partial charge in [-0.25, -0.2) is 9.97 Å². The molecule has 3 rings (SSSR count). The van der Waals surface area contributed by atoms with Crippen LogP contribution in [0.25, 0.3) is 0 Å². The molecule has 1 aromatic carbocycles. The van der Waals surface area contributed by atoms with Gasteiger partial charge < -0.3 is 15.4 Å². The van der Waals surface area contributed by atoms with Crippen molar-refractivity contribution >= 4 is 45.4 Å². The van der Waals surface area contributed by atoms with Gasteiger partial charge in [0.2, 0.25) is 5.88 Å². The van der Waals surface area contributed by atoms with Crippen LogP contribution in [0.5, 0.6) is 5.88 Å². The zero-order valence-corrected chi connectivity index (χ0v) is 15.1. The summed E-state index contributed by atoms with van der Waals surface area (Å²) in [7, 11) is 1.56. The minimum Gasteiger partial charge on any atom is -0.481 e. The minimum absolute atomic E-state index is 0.255. The third-order valence-electron chi connectivity index (χ3n) is 3.39. The predicted octanol–water partition coefficient (Wildman–Crippen LogP) is 4.50. The third-order valence-corrected chi connectivity index (χ3v) is 4.61. The van der Waals surface area contributed by atoms with E-state index in [-0.39, 0.29) is 5.91 Å². The second kappa shape index (κ2) is 7.50. The van der Waals surface area contributed by atoms with Gasteiger partial charge in [-0.15, -0.1) is 0 Å². The van der Waals surface area contributed by atoms with Gasteiger partial charge in [0.05, 0.1) is 35.9 Å². The number of halogens is 1. The number of thiazole rings is 1. The molecule has 8 heteroatoms. The molecule has 0 saturated heterocycles. The molecule has 0 unspecified atom stereocenters. The summed E-state index contributed by atoms with van der Waals surface area (Å²) >= 11 is 7.38. The summed E-state index contributed by atoms with van der Waals surface area (Å²) in [6, 6.07) is 9.02. The predicted molar refractivity (Wildman–Crippen MR) is 100 cm³/mol. The first-order valence-electron chi connectivity index (χ1n) is 7.36. The van der Waals surface area contributed by atoms with Crippen molar-refractivity contribution in [1.29, 1.82) is 0 Å². The smallest absolute Gasteiger partial charge is 0.267 e. The quantitative estimate of drug-likeness (QED) is 0.687. The standard InChI is InChI=1S/C17H15ClN4O2S/c1-10-4-3-5-12(18)15(10)22-16(23)13-9-20-17(25-13)21-11-6-7-14(24-2)19-8-11/h3-9H,1-2H3,(H,20,21)(H,22,23). The number of pyridine rings is 1. The van der Waals surface area contributed by atoms with Gasteiger partial charge >= 0.3 is 0 Å². The average Bonchev–Trinajstić information content (AvgIpc) is 3.07. The molecule has 2 N–H and O–H groups in total. The molecule has 0 spiro atoms. The first kappa shape index (κ1) is 17.2. The van der Waals surface area contributed by atoms with Gasteiger partial charge in [-0.05, 0) is 24.6 Å². The van der Waals surface area contributed by atoms with Crippen LogP contribution in [0.1, 0.15) is 15.2 Å². The number of para-hydroxylation sites is 1. The van der Waals surface area contributed by atoms with Crippen LogP contribution in [0.15, 0.2) is 42.7 Å². The van der Waals surface area contributed by atoms with Gasteiger partial charge in [0.25, 0.3) is 5.91 Å². The third kappa shape index (κ3) is 4.07. The number of hydrogen-bond acceptors (Lipinski definition) is 6. The Hall–Kier alpha value is -2.64. The van der Waals surface area contributed by atoms with Crippen LogP contribution in [0.4, 0.5) is 16.5 Å². The summed E-state index contributed by atoms with van der Waals surface area (Å²) in [5, 5.41) is 7.02. The summed E-state index contributed by atoms with van der Waals surface area (Å²) < 4.78 is 5.02. The molecule has 0 atom stereocenters. The molecule has 0 aliphatic heterocycles. The largest absolute Gasteiger partial charge is 0.481 e. The van der Waals surface area contributed by atoms with Crippen molar-refractivity contribution in [2.24, 2.45) is 0 Å². The normalized spacial score (nSPS) is 10.4. The van der Waals surface area contributed by atoms with E-state index in [1.54, 1.807) is 25.4 Å². The van der Waals surface area contributed by atoms with E-state index in [9.17, 15) is 4.79 Å². The fourth-order valence-electron chi connectivity index (χ4n) is 2.10. The summed E-state index contributed by atoms with van der Waals surface area (Å²) in [5.41, 5.74) is 2.26. The Labute approximate surface area is 153 Å². The number of hydrogen-bond donors (Lipinski definition) is 2. The van der Waals surface area contributed by atoms with Crippen molar-refractivity contribution in [3.8, 4) is 5.88 Å². The van der Waals surface area contributed by atoms with E-state index in [0.717, 1.165) is 11.3 Å². The topological polar surface area (TPSA) is 76.1 Å². The molecule has 0 bridgehead atoms. The molecule has 1 amide bonds. The average molecular weight is 375 g/mol. The minimum atomic E-state index is -0.255. The fraction of sp³-hybridized carbons (Fsp3) is 0.118. The SMILES string of the molecule is COc1ccc(Nc2ncc(C(=O)Nc3c(C)cccc3Cl)s2)cn1. The highest BCUT2D eigenvalue weighted by Crippen LogP contribution is 2.28. The number of benzene rings is 1. The lowest BCUT2D eigenvalue weighted by Gasteiger charge is -2.08. The number of ether oxygens (including phenoxy) is 1. The van der Waals surface area contributed by atoms with Gasteiger partial charge in [0, 0.05) is 6.07 Å². The van der Waals surface area contributed by atoms with Crippen LogP contribution in [-0.2, 0) is 0 Å². The number of anilines is 3. The molecule has 0 aliphatic carbocycles. The number of aryl methyl sites for hydroxylation is 1. The lowest BCUT2D eigenvalue weighted by atomic mass is 10.2. The first-order valence-corrected chi connectivity index (χ1v) is 8.55. The summed E-state index contributed by atoms with van der Waals surface area (Å²) in [6.45, 7) is 1.89. The first-order chi connectivity index (χ1) is 12.1. The number of nitrogens with zero attached hydrogens (tertiary/aromatic N) is 2. The zero-order valence-electron chi connectivity index (χ0n) is 13.5. The Kier molecular flexibility index (Phi) is 5.16. The molecule has 2 heterocycles. The van der Waals surface area contributed by atoms with Crippen molar-refractivity contribution < 1.29 is 9.53 Å². The van der Waals surface area contributed by atoms with Crippen molar-refractivity contribution in [1.82, 2.24) is 9.97 Å². The molecule has 0 fully saturated rings. The molecule has 6 nitrogen and oxygen atoms in total. The van der Waals surface area contributed by atoms with Gasteiger partial charge in [0.1, 0.15) is 4.88 Å². The molecule has 3 aromatic rings. The number of amides is 1. The zero-order chi connectivity index (χ0) is 17.8. The number of methoxy groups -OCH3 is 1. The van der Waals surface area contributed by atoms with E-state index >= 15 is 0 Å². The number of carbonyl (C=O) groups is 1. The van der Waals surface area contributed by atoms with Crippen LogP contribution < -0.4 is 15.4 Å². The van der Waals surface area contributed by atoms with Crippen LogP contribution in [0.2, 0.25) is 5.02 Å². The number of carbonyl (C=O) groups excluding carboxylic acids is 1.